The van der Waals surface area contributed by atoms with Gasteiger partial charge >= 0.3 is 0 Å². The molecule has 28 heavy (non-hydrogen) atoms. The maximum absolute atomic E-state index is 12.8. The van der Waals surface area contributed by atoms with Crippen molar-refractivity contribution in [3.63, 3.8) is 0 Å². The number of aromatic nitrogens is 1. The number of hydrogen-bond acceptors (Lipinski definition) is 5. The zero-order chi connectivity index (χ0) is 19.9. The summed E-state index contributed by atoms with van der Waals surface area (Å²) in [6.07, 6.45) is 3.32. The van der Waals surface area contributed by atoms with Gasteiger partial charge in [0.15, 0.2) is 0 Å². The van der Waals surface area contributed by atoms with Crippen LogP contribution in [0.4, 0.5) is 0 Å². The van der Waals surface area contributed by atoms with Crippen LogP contribution >= 0.6 is 0 Å². The van der Waals surface area contributed by atoms with Gasteiger partial charge in [0.05, 0.1) is 20.4 Å². The van der Waals surface area contributed by atoms with E-state index in [0.29, 0.717) is 35.1 Å². The molecule has 3 aromatic rings. The van der Waals surface area contributed by atoms with E-state index >= 15 is 0 Å². The van der Waals surface area contributed by atoms with Crippen LogP contribution in [0.2, 0.25) is 0 Å². The highest BCUT2D eigenvalue weighted by Crippen LogP contribution is 2.26. The van der Waals surface area contributed by atoms with Crippen LogP contribution in [-0.4, -0.2) is 37.1 Å². The number of benzene rings is 2. The molecule has 3 rings (SSSR count). The van der Waals surface area contributed by atoms with Gasteiger partial charge in [-0.15, -0.1) is 0 Å². The van der Waals surface area contributed by atoms with Gasteiger partial charge in [-0.2, -0.15) is 0 Å². The molecule has 0 atom stereocenters. The average molecular weight is 378 g/mol. The molecular weight excluding hydrogens is 356 g/mol. The minimum absolute atomic E-state index is 0.0919. The summed E-state index contributed by atoms with van der Waals surface area (Å²) in [6, 6.07) is 16.2. The van der Waals surface area contributed by atoms with E-state index in [2.05, 4.69) is 4.98 Å². The van der Waals surface area contributed by atoms with Crippen molar-refractivity contribution in [1.82, 2.24) is 9.88 Å². The van der Waals surface area contributed by atoms with Crippen molar-refractivity contribution in [3.05, 3.63) is 78.1 Å². The summed E-state index contributed by atoms with van der Waals surface area (Å²) in [4.78, 5) is 18.4. The number of amides is 1. The summed E-state index contributed by atoms with van der Waals surface area (Å²) in [6.45, 7) is 0.417. The van der Waals surface area contributed by atoms with Gasteiger partial charge in [0, 0.05) is 37.0 Å². The predicted octanol–water partition coefficient (Wildman–Crippen LogP) is 4.16. The molecule has 0 aliphatic carbocycles. The highest BCUT2D eigenvalue weighted by molar-refractivity contribution is 5.94. The Hall–Kier alpha value is -3.54. The zero-order valence-electron chi connectivity index (χ0n) is 16.1. The third-order valence-corrected chi connectivity index (χ3v) is 4.22. The third kappa shape index (κ3) is 4.59. The number of carbonyl (C=O) groups is 1. The molecule has 0 saturated carbocycles. The standard InChI is InChI=1S/C22H22N2O4/c1-24(15-17-8-11-19(26-2)13-21(17)27-3)22(25)16-6-9-18(10-7-16)28-20-5-4-12-23-14-20/h4-14H,15H2,1-3H3. The van der Waals surface area contributed by atoms with E-state index in [1.165, 1.54) is 0 Å². The van der Waals surface area contributed by atoms with Gasteiger partial charge in [0.1, 0.15) is 23.0 Å². The molecule has 1 aromatic heterocycles. The number of ether oxygens (including phenoxy) is 3. The van der Waals surface area contributed by atoms with Gasteiger partial charge in [-0.3, -0.25) is 9.78 Å². The fourth-order valence-corrected chi connectivity index (χ4v) is 2.74. The first-order chi connectivity index (χ1) is 13.6. The van der Waals surface area contributed by atoms with Crippen molar-refractivity contribution in [2.45, 2.75) is 6.54 Å². The predicted molar refractivity (Wildman–Crippen MR) is 106 cm³/mol. The molecule has 0 saturated heterocycles. The van der Waals surface area contributed by atoms with Crippen molar-refractivity contribution in [2.24, 2.45) is 0 Å². The fourth-order valence-electron chi connectivity index (χ4n) is 2.74. The molecule has 0 N–H and O–H groups in total. The Kier molecular flexibility index (Phi) is 6.11. The molecule has 0 radical (unpaired) electrons. The first-order valence-electron chi connectivity index (χ1n) is 8.75. The van der Waals surface area contributed by atoms with E-state index in [4.69, 9.17) is 14.2 Å². The van der Waals surface area contributed by atoms with E-state index in [0.717, 1.165) is 5.56 Å². The lowest BCUT2D eigenvalue weighted by Crippen LogP contribution is -2.26. The molecule has 0 spiro atoms. The van der Waals surface area contributed by atoms with Crippen molar-refractivity contribution in [2.75, 3.05) is 21.3 Å². The van der Waals surface area contributed by atoms with Gasteiger partial charge < -0.3 is 19.1 Å². The van der Waals surface area contributed by atoms with Crippen LogP contribution < -0.4 is 14.2 Å². The Morgan fingerprint density at radius 1 is 0.964 bits per heavy atom. The van der Waals surface area contributed by atoms with Crippen molar-refractivity contribution in [1.29, 1.82) is 0 Å². The first-order valence-corrected chi connectivity index (χ1v) is 8.75. The molecule has 2 aromatic carbocycles. The highest BCUT2D eigenvalue weighted by atomic mass is 16.5. The van der Waals surface area contributed by atoms with E-state index in [-0.39, 0.29) is 5.91 Å². The molecule has 0 bridgehead atoms. The van der Waals surface area contributed by atoms with E-state index in [1.807, 2.05) is 18.2 Å². The minimum Gasteiger partial charge on any atom is -0.497 e. The van der Waals surface area contributed by atoms with Gasteiger partial charge in [-0.05, 0) is 48.5 Å². The summed E-state index contributed by atoms with van der Waals surface area (Å²) >= 11 is 0. The normalized spacial score (nSPS) is 10.2. The van der Waals surface area contributed by atoms with Gasteiger partial charge in [-0.25, -0.2) is 0 Å². The van der Waals surface area contributed by atoms with E-state index in [9.17, 15) is 4.79 Å². The molecule has 144 valence electrons. The number of rotatable bonds is 7. The molecule has 0 aliphatic heterocycles. The van der Waals surface area contributed by atoms with E-state index < -0.39 is 0 Å². The maximum atomic E-state index is 12.8. The second-order valence-corrected chi connectivity index (χ2v) is 6.15. The topological polar surface area (TPSA) is 60.9 Å². The lowest BCUT2D eigenvalue weighted by Gasteiger charge is -2.19. The third-order valence-electron chi connectivity index (χ3n) is 4.22. The Morgan fingerprint density at radius 3 is 2.36 bits per heavy atom. The number of carbonyl (C=O) groups excluding carboxylic acids is 1. The number of pyridine rings is 1. The number of methoxy groups -OCH3 is 2. The summed E-state index contributed by atoms with van der Waals surface area (Å²) in [5.74, 6) is 2.58. The van der Waals surface area contributed by atoms with Crippen molar-refractivity contribution < 1.29 is 19.0 Å². The average Bonchev–Trinajstić information content (AvgIpc) is 2.74. The molecule has 6 nitrogen and oxygen atoms in total. The van der Waals surface area contributed by atoms with Gasteiger partial charge in [0.2, 0.25) is 0 Å². The quantitative estimate of drug-likeness (QED) is 0.618. The maximum Gasteiger partial charge on any atom is 0.253 e. The molecule has 0 unspecified atom stereocenters. The van der Waals surface area contributed by atoms with Gasteiger partial charge in [0.25, 0.3) is 5.91 Å². The van der Waals surface area contributed by atoms with Crippen LogP contribution in [0.5, 0.6) is 23.0 Å². The van der Waals surface area contributed by atoms with Crippen LogP contribution in [-0.2, 0) is 6.54 Å². The molecule has 6 heteroatoms. The van der Waals surface area contributed by atoms with Crippen molar-refractivity contribution in [3.8, 4) is 23.0 Å². The second-order valence-electron chi connectivity index (χ2n) is 6.15. The lowest BCUT2D eigenvalue weighted by molar-refractivity contribution is 0.0784. The largest absolute Gasteiger partial charge is 0.497 e. The Labute approximate surface area is 164 Å². The minimum atomic E-state index is -0.0919. The smallest absolute Gasteiger partial charge is 0.253 e. The molecule has 1 heterocycles. The van der Waals surface area contributed by atoms with Crippen LogP contribution in [0.1, 0.15) is 15.9 Å². The Balaban J connectivity index is 1.68. The molecular formula is C22H22N2O4. The zero-order valence-corrected chi connectivity index (χ0v) is 16.1. The summed E-state index contributed by atoms with van der Waals surface area (Å²) in [5, 5.41) is 0. The van der Waals surface area contributed by atoms with Crippen molar-refractivity contribution >= 4 is 5.91 Å². The molecule has 0 fully saturated rings. The monoisotopic (exact) mass is 378 g/mol. The van der Waals surface area contributed by atoms with Crippen LogP contribution in [0.15, 0.2) is 67.0 Å². The van der Waals surface area contributed by atoms with Crippen LogP contribution in [0, 0.1) is 0 Å². The number of nitrogens with zero attached hydrogens (tertiary/aromatic N) is 2. The SMILES string of the molecule is COc1ccc(CN(C)C(=O)c2ccc(Oc3cccnc3)cc2)c(OC)c1. The number of hydrogen-bond donors (Lipinski definition) is 0. The molecule has 0 aliphatic rings. The first kappa shape index (κ1) is 19.2. The fraction of sp³-hybridized carbons (Fsp3) is 0.182. The summed E-state index contributed by atoms with van der Waals surface area (Å²) in [5.41, 5.74) is 1.48. The summed E-state index contributed by atoms with van der Waals surface area (Å²) < 4.78 is 16.3. The van der Waals surface area contributed by atoms with Gasteiger partial charge in [-0.1, -0.05) is 0 Å². The lowest BCUT2D eigenvalue weighted by atomic mass is 10.1. The van der Waals surface area contributed by atoms with E-state index in [1.54, 1.807) is 75.0 Å². The van der Waals surface area contributed by atoms with Crippen LogP contribution in [0.25, 0.3) is 0 Å². The highest BCUT2D eigenvalue weighted by Gasteiger charge is 2.15. The Bertz CT molecular complexity index is 927. The van der Waals surface area contributed by atoms with Crippen LogP contribution in [0.3, 0.4) is 0 Å². The second kappa shape index (κ2) is 8.90. The summed E-state index contributed by atoms with van der Waals surface area (Å²) in [7, 11) is 4.96. The molecule has 1 amide bonds. The Morgan fingerprint density at radius 2 is 1.71 bits per heavy atom.